The molecule has 3 atom stereocenters. The molecule has 11 nitrogen and oxygen atoms in total. The van der Waals surface area contributed by atoms with Gasteiger partial charge in [0.15, 0.2) is 6.61 Å². The largest absolute Gasteiger partial charge is 0.484 e. The van der Waals surface area contributed by atoms with Gasteiger partial charge in [0.1, 0.15) is 11.0 Å². The van der Waals surface area contributed by atoms with Crippen molar-refractivity contribution in [2.24, 2.45) is 11.1 Å². The van der Waals surface area contributed by atoms with E-state index in [-0.39, 0.29) is 28.2 Å². The monoisotopic (exact) mass is 700 g/mol. The van der Waals surface area contributed by atoms with Gasteiger partial charge in [0.25, 0.3) is 5.91 Å². The lowest BCUT2D eigenvalue weighted by Crippen LogP contribution is -2.32. The zero-order chi connectivity index (χ0) is 30.5. The van der Waals surface area contributed by atoms with Gasteiger partial charge in [0.2, 0.25) is 21.8 Å². The first-order valence-electron chi connectivity index (χ1n) is 12.7. The number of primary sulfonamides is 1. The maximum atomic E-state index is 13.9. The molecular weight excluding hydrogens is 680 g/mol. The third kappa shape index (κ3) is 5.78. The summed E-state index contributed by atoms with van der Waals surface area (Å²) in [4.78, 5) is 56.6. The van der Waals surface area contributed by atoms with Gasteiger partial charge >= 0.3 is 4.87 Å². The van der Waals surface area contributed by atoms with E-state index in [0.717, 1.165) is 15.8 Å². The summed E-state index contributed by atoms with van der Waals surface area (Å²) in [6.07, 6.45) is 0. The Labute approximate surface area is 261 Å². The molecule has 2 aliphatic rings. The van der Waals surface area contributed by atoms with Crippen LogP contribution in [0.3, 0.4) is 0 Å². The molecule has 3 amide bonds. The molecule has 3 heterocycles. The number of thiazole rings is 1. The van der Waals surface area contributed by atoms with Crippen molar-refractivity contribution in [3.8, 4) is 5.75 Å². The Bertz CT molecular complexity index is 1920. The topological polar surface area (TPSA) is 169 Å². The summed E-state index contributed by atoms with van der Waals surface area (Å²) in [7, 11) is -3.86. The van der Waals surface area contributed by atoms with Gasteiger partial charge in [-0.2, -0.15) is 0 Å². The third-order valence-corrected chi connectivity index (χ3v) is 10.8. The van der Waals surface area contributed by atoms with E-state index in [1.807, 2.05) is 0 Å². The maximum absolute atomic E-state index is 13.9. The van der Waals surface area contributed by atoms with Crippen LogP contribution in [0.25, 0.3) is 0 Å². The van der Waals surface area contributed by atoms with Crippen molar-refractivity contribution in [3.05, 3.63) is 97.4 Å². The van der Waals surface area contributed by atoms with Crippen LogP contribution < -0.4 is 25.0 Å². The molecule has 2 aliphatic heterocycles. The van der Waals surface area contributed by atoms with Crippen LogP contribution in [0, 0.1) is 5.92 Å². The summed E-state index contributed by atoms with van der Waals surface area (Å²) in [5.74, 6) is -2.23. The lowest BCUT2D eigenvalue weighted by molar-refractivity contribution is -0.122. The van der Waals surface area contributed by atoms with Crippen molar-refractivity contribution >= 4 is 78.1 Å². The standard InChI is InChI=1S/C28H21BrN4O7S3/c29-15-4-8-17(9-5-15)33-26(35)22-21(23-25(32-28(37)42-23)41-24(22)27(33)36)14-2-1-3-18(12-14)40-13-20(34)31-16-6-10-19(11-7-16)43(30,38)39/h1-12,21-22,24H,13H2,(H,31,34)(H,32,37)(H2,30,38,39). The molecule has 6 rings (SSSR count). The smallest absolute Gasteiger partial charge is 0.305 e. The number of carbonyl (C=O) groups excluding carboxylic acids is 3. The summed E-state index contributed by atoms with van der Waals surface area (Å²) >= 11 is 5.57. The minimum Gasteiger partial charge on any atom is -0.484 e. The van der Waals surface area contributed by atoms with Gasteiger partial charge in [-0.05, 0) is 66.2 Å². The SMILES string of the molecule is NS(=O)(=O)c1ccc(NC(=O)COc2cccc(C3c4sc(=O)[nH]c4SC4C(=O)N(c5ccc(Br)cc5)C(=O)C43)c2)cc1. The van der Waals surface area contributed by atoms with Crippen LogP contribution >= 0.6 is 39.0 Å². The van der Waals surface area contributed by atoms with Gasteiger partial charge < -0.3 is 15.0 Å². The van der Waals surface area contributed by atoms with E-state index in [1.165, 1.54) is 40.9 Å². The number of rotatable bonds is 7. The number of H-pyrrole nitrogens is 1. The van der Waals surface area contributed by atoms with Crippen LogP contribution in [-0.2, 0) is 24.4 Å². The fraction of sp³-hybridized carbons (Fsp3) is 0.143. The number of thioether (sulfide) groups is 1. The summed E-state index contributed by atoms with van der Waals surface area (Å²) in [5, 5.41) is 7.54. The van der Waals surface area contributed by atoms with Crippen molar-refractivity contribution in [2.45, 2.75) is 21.1 Å². The van der Waals surface area contributed by atoms with Crippen LogP contribution in [0.4, 0.5) is 11.4 Å². The number of aromatic nitrogens is 1. The lowest BCUT2D eigenvalue weighted by atomic mass is 9.83. The van der Waals surface area contributed by atoms with Crippen molar-refractivity contribution in [1.29, 1.82) is 0 Å². The maximum Gasteiger partial charge on any atom is 0.305 e. The van der Waals surface area contributed by atoms with Gasteiger partial charge in [-0.1, -0.05) is 51.2 Å². The highest BCUT2D eigenvalue weighted by Gasteiger charge is 2.56. The number of aromatic amines is 1. The molecular formula is C28H21BrN4O7S3. The number of nitrogens with two attached hydrogens (primary N) is 1. The number of hydrogen-bond acceptors (Lipinski definition) is 9. The molecule has 0 bridgehead atoms. The second kappa shape index (κ2) is 11.4. The average molecular weight is 702 g/mol. The Morgan fingerprint density at radius 3 is 2.44 bits per heavy atom. The Morgan fingerprint density at radius 1 is 1.02 bits per heavy atom. The highest BCUT2D eigenvalue weighted by molar-refractivity contribution is 9.10. The molecule has 220 valence electrons. The predicted octanol–water partition coefficient (Wildman–Crippen LogP) is 3.66. The molecule has 0 radical (unpaired) electrons. The minimum atomic E-state index is -3.86. The minimum absolute atomic E-state index is 0.0834. The van der Waals surface area contributed by atoms with Crippen molar-refractivity contribution in [2.75, 3.05) is 16.8 Å². The van der Waals surface area contributed by atoms with Crippen LogP contribution in [0.15, 0.2) is 92.0 Å². The second-order valence-electron chi connectivity index (χ2n) is 9.72. The van der Waals surface area contributed by atoms with E-state index in [4.69, 9.17) is 9.88 Å². The number of hydrogen-bond donors (Lipinski definition) is 3. The zero-order valence-corrected chi connectivity index (χ0v) is 25.9. The quantitative estimate of drug-likeness (QED) is 0.246. The molecule has 4 N–H and O–H groups in total. The molecule has 0 aliphatic carbocycles. The molecule has 43 heavy (non-hydrogen) atoms. The molecule has 1 fully saturated rings. The molecule has 0 saturated carbocycles. The summed E-state index contributed by atoms with van der Waals surface area (Å²) < 4.78 is 29.4. The Kier molecular flexibility index (Phi) is 7.76. The Hall–Kier alpha value is -3.76. The van der Waals surface area contributed by atoms with E-state index in [2.05, 4.69) is 26.2 Å². The average Bonchev–Trinajstić information content (AvgIpc) is 3.46. The Morgan fingerprint density at radius 2 is 1.74 bits per heavy atom. The number of carbonyl (C=O) groups is 3. The number of anilines is 2. The third-order valence-electron chi connectivity index (χ3n) is 6.96. The number of fused-ring (bicyclic) bond motifs is 2. The molecule has 4 aromatic rings. The zero-order valence-electron chi connectivity index (χ0n) is 21.9. The van der Waals surface area contributed by atoms with E-state index in [1.54, 1.807) is 48.5 Å². The number of sulfonamides is 1. The van der Waals surface area contributed by atoms with Gasteiger partial charge in [-0.25, -0.2) is 18.5 Å². The second-order valence-corrected chi connectivity index (χ2v) is 14.4. The number of ether oxygens (including phenoxy) is 1. The first-order valence-corrected chi connectivity index (χ1v) is 16.7. The van der Waals surface area contributed by atoms with Crippen molar-refractivity contribution < 1.29 is 27.5 Å². The van der Waals surface area contributed by atoms with Crippen molar-refractivity contribution in [1.82, 2.24) is 4.98 Å². The van der Waals surface area contributed by atoms with Crippen LogP contribution in [0.1, 0.15) is 16.4 Å². The van der Waals surface area contributed by atoms with E-state index >= 15 is 0 Å². The summed E-state index contributed by atoms with van der Waals surface area (Å²) in [5.41, 5.74) is 1.48. The van der Waals surface area contributed by atoms with Crippen LogP contribution in [0.5, 0.6) is 5.75 Å². The van der Waals surface area contributed by atoms with E-state index < -0.39 is 33.0 Å². The Balaban J connectivity index is 1.24. The number of halogens is 1. The van der Waals surface area contributed by atoms with Gasteiger partial charge in [0, 0.05) is 21.0 Å². The fourth-order valence-electron chi connectivity index (χ4n) is 5.09. The van der Waals surface area contributed by atoms with E-state index in [9.17, 15) is 27.6 Å². The highest BCUT2D eigenvalue weighted by Crippen LogP contribution is 2.53. The highest BCUT2D eigenvalue weighted by atomic mass is 79.9. The first-order chi connectivity index (χ1) is 20.5. The van der Waals surface area contributed by atoms with Crippen LogP contribution in [-0.4, -0.2) is 43.0 Å². The molecule has 3 unspecified atom stereocenters. The predicted molar refractivity (Wildman–Crippen MR) is 165 cm³/mol. The number of benzene rings is 3. The van der Waals surface area contributed by atoms with Crippen LogP contribution in [0.2, 0.25) is 0 Å². The first kappa shape index (κ1) is 29.3. The lowest BCUT2D eigenvalue weighted by Gasteiger charge is -2.30. The number of amides is 3. The normalized spacial score (nSPS) is 19.6. The van der Waals surface area contributed by atoms with Crippen molar-refractivity contribution in [3.63, 3.8) is 0 Å². The molecule has 1 saturated heterocycles. The van der Waals surface area contributed by atoms with Gasteiger partial charge in [0.05, 0.1) is 21.5 Å². The van der Waals surface area contributed by atoms with Gasteiger partial charge in [-0.15, -0.1) is 0 Å². The molecule has 1 aromatic heterocycles. The number of nitrogens with zero attached hydrogens (tertiary/aromatic N) is 1. The molecule has 3 aromatic carbocycles. The summed E-state index contributed by atoms with van der Waals surface area (Å²) in [6.45, 7) is -0.357. The summed E-state index contributed by atoms with van der Waals surface area (Å²) in [6, 6.07) is 19.2. The molecule has 0 spiro atoms. The number of nitrogens with one attached hydrogen (secondary N) is 2. The van der Waals surface area contributed by atoms with Gasteiger partial charge in [-0.3, -0.25) is 19.2 Å². The fourth-order valence-corrected chi connectivity index (χ4v) is 8.39. The van der Waals surface area contributed by atoms with E-state index in [0.29, 0.717) is 32.6 Å². The number of imide groups is 1. The molecule has 15 heteroatoms.